The monoisotopic (exact) mass is 383 g/mol. The summed E-state index contributed by atoms with van der Waals surface area (Å²) in [5.74, 6) is 1.77. The molecule has 2 aromatic carbocycles. The molecule has 2 heterocycles. The standard InChI is InChI=1S/C20H21N3O3S/c1-13-3-5-15-16(9-13)23-20(22-15)27-12-19(24)21-11-14-4-6-17-18(10-14)26-8-2-7-25-17/h3-6,9-10H,2,7-8,11-12H2,1H3,(H,21,24)(H,22,23). The van der Waals surface area contributed by atoms with E-state index in [9.17, 15) is 4.79 Å². The van der Waals surface area contributed by atoms with E-state index in [-0.39, 0.29) is 5.91 Å². The van der Waals surface area contributed by atoms with Crippen LogP contribution in [0.25, 0.3) is 11.0 Å². The number of carbonyl (C=O) groups excluding carboxylic acids is 1. The van der Waals surface area contributed by atoms with Gasteiger partial charge >= 0.3 is 0 Å². The maximum absolute atomic E-state index is 12.2. The molecule has 4 rings (SSSR count). The molecular weight excluding hydrogens is 362 g/mol. The van der Waals surface area contributed by atoms with Gasteiger partial charge in [-0.25, -0.2) is 4.98 Å². The Morgan fingerprint density at radius 1 is 1.19 bits per heavy atom. The Hall–Kier alpha value is -2.67. The zero-order valence-electron chi connectivity index (χ0n) is 15.1. The molecule has 2 N–H and O–H groups in total. The lowest BCUT2D eigenvalue weighted by Crippen LogP contribution is -2.24. The molecule has 6 nitrogen and oxygen atoms in total. The number of nitrogens with one attached hydrogen (secondary N) is 2. The van der Waals surface area contributed by atoms with Crippen LogP contribution in [-0.2, 0) is 11.3 Å². The molecule has 3 aromatic rings. The lowest BCUT2D eigenvalue weighted by atomic mass is 10.2. The minimum absolute atomic E-state index is 0.0382. The van der Waals surface area contributed by atoms with Gasteiger partial charge in [-0.2, -0.15) is 0 Å². The number of aryl methyl sites for hydroxylation is 1. The Labute approximate surface area is 161 Å². The van der Waals surface area contributed by atoms with Crippen LogP contribution in [0.3, 0.4) is 0 Å². The molecule has 0 unspecified atom stereocenters. The highest BCUT2D eigenvalue weighted by Gasteiger charge is 2.12. The van der Waals surface area contributed by atoms with Gasteiger partial charge in [0.15, 0.2) is 16.7 Å². The Morgan fingerprint density at radius 3 is 2.93 bits per heavy atom. The van der Waals surface area contributed by atoms with Crippen molar-refractivity contribution in [2.75, 3.05) is 19.0 Å². The van der Waals surface area contributed by atoms with Crippen LogP contribution < -0.4 is 14.8 Å². The Balaban J connectivity index is 1.31. The van der Waals surface area contributed by atoms with Gasteiger partial charge in [0.1, 0.15) is 0 Å². The first kappa shape index (κ1) is 17.7. The predicted octanol–water partition coefficient (Wildman–Crippen LogP) is 3.44. The summed E-state index contributed by atoms with van der Waals surface area (Å²) in [6.45, 7) is 3.81. The Morgan fingerprint density at radius 2 is 2.04 bits per heavy atom. The molecule has 1 aliphatic heterocycles. The van der Waals surface area contributed by atoms with E-state index < -0.39 is 0 Å². The number of aromatic nitrogens is 2. The maximum Gasteiger partial charge on any atom is 0.230 e. The average Bonchev–Trinajstić information content (AvgIpc) is 2.92. The summed E-state index contributed by atoms with van der Waals surface area (Å²) < 4.78 is 11.3. The highest BCUT2D eigenvalue weighted by Crippen LogP contribution is 2.30. The van der Waals surface area contributed by atoms with Crippen molar-refractivity contribution < 1.29 is 14.3 Å². The molecule has 1 aromatic heterocycles. The molecule has 0 saturated heterocycles. The molecular formula is C20H21N3O3S. The van der Waals surface area contributed by atoms with E-state index >= 15 is 0 Å². The predicted molar refractivity (Wildman–Crippen MR) is 105 cm³/mol. The van der Waals surface area contributed by atoms with Crippen LogP contribution in [0.4, 0.5) is 0 Å². The van der Waals surface area contributed by atoms with Gasteiger partial charge in [-0.3, -0.25) is 4.79 Å². The normalized spacial score (nSPS) is 13.4. The van der Waals surface area contributed by atoms with E-state index in [2.05, 4.69) is 21.4 Å². The van der Waals surface area contributed by atoms with Crippen molar-refractivity contribution in [1.29, 1.82) is 0 Å². The number of imidazole rings is 1. The second-order valence-electron chi connectivity index (χ2n) is 6.46. The first-order valence-electron chi connectivity index (χ1n) is 8.92. The summed E-state index contributed by atoms with van der Waals surface area (Å²) in [5.41, 5.74) is 4.06. The number of thioether (sulfide) groups is 1. The van der Waals surface area contributed by atoms with Crippen LogP contribution in [0, 0.1) is 6.92 Å². The Kier molecular flexibility index (Phi) is 5.20. The molecule has 1 aliphatic rings. The van der Waals surface area contributed by atoms with Gasteiger partial charge < -0.3 is 19.8 Å². The topological polar surface area (TPSA) is 76.2 Å². The third-order valence-electron chi connectivity index (χ3n) is 4.26. The van der Waals surface area contributed by atoms with Crippen LogP contribution >= 0.6 is 11.8 Å². The van der Waals surface area contributed by atoms with Gasteiger partial charge in [0, 0.05) is 13.0 Å². The molecule has 0 radical (unpaired) electrons. The van der Waals surface area contributed by atoms with E-state index in [1.807, 2.05) is 37.3 Å². The summed E-state index contributed by atoms with van der Waals surface area (Å²) >= 11 is 1.40. The molecule has 1 amide bonds. The number of carbonyl (C=O) groups is 1. The van der Waals surface area contributed by atoms with Crippen LogP contribution in [0.1, 0.15) is 17.5 Å². The zero-order chi connectivity index (χ0) is 18.6. The van der Waals surface area contributed by atoms with Crippen molar-refractivity contribution in [2.24, 2.45) is 0 Å². The number of fused-ring (bicyclic) bond motifs is 2. The van der Waals surface area contributed by atoms with E-state index in [0.29, 0.717) is 25.5 Å². The molecule has 0 aliphatic carbocycles. The molecule has 0 fully saturated rings. The zero-order valence-corrected chi connectivity index (χ0v) is 15.9. The first-order valence-corrected chi connectivity index (χ1v) is 9.90. The van der Waals surface area contributed by atoms with Crippen LogP contribution in [-0.4, -0.2) is 34.8 Å². The molecule has 0 bridgehead atoms. The smallest absolute Gasteiger partial charge is 0.230 e. The summed E-state index contributed by atoms with van der Waals surface area (Å²) in [4.78, 5) is 19.9. The molecule has 27 heavy (non-hydrogen) atoms. The second kappa shape index (κ2) is 7.92. The summed E-state index contributed by atoms with van der Waals surface area (Å²) in [5, 5.41) is 3.69. The SMILES string of the molecule is Cc1ccc2nc(SCC(=O)NCc3ccc4c(c3)OCCCO4)[nH]c2c1. The van der Waals surface area contributed by atoms with Gasteiger partial charge in [-0.15, -0.1) is 0 Å². The van der Waals surface area contributed by atoms with Crippen molar-refractivity contribution in [3.8, 4) is 11.5 Å². The third-order valence-corrected chi connectivity index (χ3v) is 5.13. The van der Waals surface area contributed by atoms with Crippen molar-refractivity contribution >= 4 is 28.7 Å². The summed E-state index contributed by atoms with van der Waals surface area (Å²) in [6, 6.07) is 11.8. The van der Waals surface area contributed by atoms with Crippen LogP contribution in [0.2, 0.25) is 0 Å². The van der Waals surface area contributed by atoms with E-state index in [4.69, 9.17) is 9.47 Å². The van der Waals surface area contributed by atoms with Crippen molar-refractivity contribution in [2.45, 2.75) is 25.0 Å². The van der Waals surface area contributed by atoms with Gasteiger partial charge in [-0.05, 0) is 42.3 Å². The van der Waals surface area contributed by atoms with E-state index in [0.717, 1.165) is 39.7 Å². The molecule has 0 atom stereocenters. The maximum atomic E-state index is 12.2. The van der Waals surface area contributed by atoms with Gasteiger partial charge in [0.25, 0.3) is 0 Å². The lowest BCUT2D eigenvalue weighted by molar-refractivity contribution is -0.118. The third kappa shape index (κ3) is 4.36. The number of hydrogen-bond donors (Lipinski definition) is 2. The number of H-pyrrole nitrogens is 1. The quantitative estimate of drug-likeness (QED) is 0.660. The fourth-order valence-corrected chi connectivity index (χ4v) is 3.59. The second-order valence-corrected chi connectivity index (χ2v) is 7.42. The van der Waals surface area contributed by atoms with Gasteiger partial charge in [0.05, 0.1) is 30.0 Å². The fraction of sp³-hybridized carbons (Fsp3) is 0.300. The van der Waals surface area contributed by atoms with Crippen LogP contribution in [0.5, 0.6) is 11.5 Å². The van der Waals surface area contributed by atoms with Crippen molar-refractivity contribution in [3.05, 3.63) is 47.5 Å². The molecule has 7 heteroatoms. The highest BCUT2D eigenvalue weighted by molar-refractivity contribution is 7.99. The summed E-state index contributed by atoms with van der Waals surface area (Å²) in [7, 11) is 0. The number of rotatable bonds is 5. The number of ether oxygens (including phenoxy) is 2. The summed E-state index contributed by atoms with van der Waals surface area (Å²) in [6.07, 6.45) is 0.874. The lowest BCUT2D eigenvalue weighted by Gasteiger charge is -2.10. The van der Waals surface area contributed by atoms with Crippen molar-refractivity contribution in [1.82, 2.24) is 15.3 Å². The number of aromatic amines is 1. The first-order chi connectivity index (χ1) is 13.2. The van der Waals surface area contributed by atoms with E-state index in [1.165, 1.54) is 17.3 Å². The fourth-order valence-electron chi connectivity index (χ4n) is 2.87. The van der Waals surface area contributed by atoms with Crippen LogP contribution in [0.15, 0.2) is 41.6 Å². The van der Waals surface area contributed by atoms with Gasteiger partial charge in [-0.1, -0.05) is 23.9 Å². The minimum Gasteiger partial charge on any atom is -0.490 e. The highest BCUT2D eigenvalue weighted by atomic mass is 32.2. The van der Waals surface area contributed by atoms with E-state index in [1.54, 1.807) is 0 Å². The number of nitrogens with zero attached hydrogens (tertiary/aromatic N) is 1. The van der Waals surface area contributed by atoms with Crippen molar-refractivity contribution in [3.63, 3.8) is 0 Å². The molecule has 0 spiro atoms. The number of amides is 1. The minimum atomic E-state index is -0.0382. The molecule has 140 valence electrons. The Bertz CT molecular complexity index is 970. The van der Waals surface area contributed by atoms with Gasteiger partial charge in [0.2, 0.25) is 5.91 Å². The number of benzene rings is 2. The largest absolute Gasteiger partial charge is 0.490 e. The average molecular weight is 383 g/mol. The molecule has 0 saturated carbocycles. The number of hydrogen-bond acceptors (Lipinski definition) is 5.